The van der Waals surface area contributed by atoms with E-state index in [1.165, 1.54) is 24.3 Å². The van der Waals surface area contributed by atoms with Crippen molar-refractivity contribution in [3.8, 4) is 11.3 Å². The summed E-state index contributed by atoms with van der Waals surface area (Å²) < 4.78 is 31.7. The molecule has 0 atom stereocenters. The van der Waals surface area contributed by atoms with E-state index >= 15 is 0 Å². The fourth-order valence-corrected chi connectivity index (χ4v) is 2.48. The van der Waals surface area contributed by atoms with Crippen LogP contribution in [0.5, 0.6) is 0 Å². The van der Waals surface area contributed by atoms with Gasteiger partial charge in [0.05, 0.1) is 27.6 Å². The van der Waals surface area contributed by atoms with Crippen molar-refractivity contribution in [3.63, 3.8) is 0 Å². The topological polar surface area (TPSA) is 98.3 Å². The number of non-ortho nitro benzene ring substituents is 1. The molecule has 3 rings (SSSR count). The van der Waals surface area contributed by atoms with Gasteiger partial charge in [0, 0.05) is 24.3 Å². The zero-order chi connectivity index (χ0) is 19.6. The maximum atomic E-state index is 13.8. The van der Waals surface area contributed by atoms with Gasteiger partial charge in [0.2, 0.25) is 0 Å². The lowest BCUT2D eigenvalue weighted by molar-refractivity contribution is -0.384. The Labute approximate surface area is 155 Å². The number of rotatable bonds is 5. The Morgan fingerprint density at radius 2 is 2.00 bits per heavy atom. The Bertz CT molecular complexity index is 1040. The van der Waals surface area contributed by atoms with Crippen molar-refractivity contribution in [2.75, 3.05) is 0 Å². The van der Waals surface area contributed by atoms with Gasteiger partial charge in [-0.1, -0.05) is 16.8 Å². The molecule has 1 aromatic heterocycles. The van der Waals surface area contributed by atoms with E-state index in [0.29, 0.717) is 6.07 Å². The van der Waals surface area contributed by atoms with E-state index < -0.39 is 22.5 Å². The minimum absolute atomic E-state index is 0.0169. The van der Waals surface area contributed by atoms with Crippen LogP contribution >= 0.6 is 11.6 Å². The molecule has 0 saturated heterocycles. The van der Waals surface area contributed by atoms with Gasteiger partial charge in [0.15, 0.2) is 5.76 Å². The molecule has 1 heterocycles. The zero-order valence-electron chi connectivity index (χ0n) is 13.4. The van der Waals surface area contributed by atoms with Gasteiger partial charge in [-0.3, -0.25) is 14.9 Å². The lowest BCUT2D eigenvalue weighted by Gasteiger charge is -2.05. The molecule has 0 bridgehead atoms. The van der Waals surface area contributed by atoms with E-state index in [4.69, 9.17) is 16.1 Å². The highest BCUT2D eigenvalue weighted by molar-refractivity contribution is 6.33. The summed E-state index contributed by atoms with van der Waals surface area (Å²) in [6, 6.07) is 7.86. The molecule has 3 aromatic rings. The lowest BCUT2D eigenvalue weighted by atomic mass is 10.1. The van der Waals surface area contributed by atoms with Gasteiger partial charge in [0.1, 0.15) is 17.3 Å². The number of nitro groups is 1. The van der Waals surface area contributed by atoms with E-state index in [-0.39, 0.29) is 39.8 Å². The molecular weight excluding hydrogens is 384 g/mol. The molecule has 0 spiro atoms. The second-order valence-corrected chi connectivity index (χ2v) is 5.82. The number of aromatic nitrogens is 1. The molecule has 0 aliphatic rings. The number of carbonyl (C=O) groups is 1. The first-order chi connectivity index (χ1) is 12.8. The highest BCUT2D eigenvalue weighted by Gasteiger charge is 2.17. The summed E-state index contributed by atoms with van der Waals surface area (Å²) in [5.74, 6) is -2.13. The SMILES string of the molecule is O=C(NCc1cc(-c2ccc(F)cc2F)on1)c1cc([N+](=O)[O-])ccc1Cl. The fourth-order valence-electron chi connectivity index (χ4n) is 2.28. The minimum atomic E-state index is -0.815. The van der Waals surface area contributed by atoms with Crippen molar-refractivity contribution in [1.29, 1.82) is 0 Å². The van der Waals surface area contributed by atoms with Crippen LogP contribution in [0.1, 0.15) is 16.1 Å². The van der Waals surface area contributed by atoms with Crippen molar-refractivity contribution < 1.29 is 23.0 Å². The van der Waals surface area contributed by atoms with Crippen molar-refractivity contribution >= 4 is 23.2 Å². The van der Waals surface area contributed by atoms with Crippen LogP contribution in [0.25, 0.3) is 11.3 Å². The number of hydrogen-bond acceptors (Lipinski definition) is 5. The van der Waals surface area contributed by atoms with Crippen LogP contribution in [-0.4, -0.2) is 16.0 Å². The number of halogens is 3. The summed E-state index contributed by atoms with van der Waals surface area (Å²) in [5, 5.41) is 17.0. The van der Waals surface area contributed by atoms with Gasteiger partial charge in [-0.15, -0.1) is 0 Å². The smallest absolute Gasteiger partial charge is 0.270 e. The average molecular weight is 394 g/mol. The second kappa shape index (κ2) is 7.50. The first kappa shape index (κ1) is 18.5. The fraction of sp³-hybridized carbons (Fsp3) is 0.0588. The summed E-state index contributed by atoms with van der Waals surface area (Å²) in [7, 11) is 0. The Morgan fingerprint density at radius 3 is 2.70 bits per heavy atom. The van der Waals surface area contributed by atoms with E-state index in [1.54, 1.807) is 0 Å². The normalized spacial score (nSPS) is 10.6. The van der Waals surface area contributed by atoms with E-state index in [2.05, 4.69) is 10.5 Å². The molecule has 138 valence electrons. The lowest BCUT2D eigenvalue weighted by Crippen LogP contribution is -2.23. The van der Waals surface area contributed by atoms with Crippen molar-refractivity contribution in [1.82, 2.24) is 10.5 Å². The molecule has 1 amide bonds. The molecule has 0 aliphatic carbocycles. The number of nitro benzene ring substituents is 1. The van der Waals surface area contributed by atoms with Crippen LogP contribution in [-0.2, 0) is 6.54 Å². The predicted molar refractivity (Wildman–Crippen MR) is 91.1 cm³/mol. The van der Waals surface area contributed by atoms with E-state index in [0.717, 1.165) is 12.1 Å². The standard InChI is InChI=1S/C17H10ClF2N3O4/c18-14-4-2-11(23(25)26)7-13(14)17(24)21-8-10-6-16(27-22-10)12-3-1-9(19)5-15(12)20/h1-7H,8H2,(H,21,24). The van der Waals surface area contributed by atoms with Crippen LogP contribution < -0.4 is 5.32 Å². The Balaban J connectivity index is 1.73. The molecule has 0 aliphatic heterocycles. The Kier molecular flexibility index (Phi) is 5.13. The van der Waals surface area contributed by atoms with Crippen molar-refractivity contribution in [3.05, 3.63) is 80.5 Å². The second-order valence-electron chi connectivity index (χ2n) is 5.41. The van der Waals surface area contributed by atoms with Crippen LogP contribution in [0.2, 0.25) is 5.02 Å². The van der Waals surface area contributed by atoms with Gasteiger partial charge in [-0.25, -0.2) is 8.78 Å². The molecule has 0 saturated carbocycles. The van der Waals surface area contributed by atoms with Gasteiger partial charge in [0.25, 0.3) is 11.6 Å². The summed E-state index contributed by atoms with van der Waals surface area (Å²) in [5.41, 5.74) is -0.0638. The van der Waals surface area contributed by atoms with Crippen molar-refractivity contribution in [2.24, 2.45) is 0 Å². The van der Waals surface area contributed by atoms with Gasteiger partial charge < -0.3 is 9.84 Å². The number of nitrogens with one attached hydrogen (secondary N) is 1. The third-order valence-corrected chi connectivity index (χ3v) is 3.92. The molecule has 0 radical (unpaired) electrons. The summed E-state index contributed by atoms with van der Waals surface area (Å²) >= 11 is 5.90. The first-order valence-electron chi connectivity index (χ1n) is 7.48. The minimum Gasteiger partial charge on any atom is -0.356 e. The zero-order valence-corrected chi connectivity index (χ0v) is 14.2. The summed E-state index contributed by atoms with van der Waals surface area (Å²) in [6.45, 7) is -0.0931. The Hall–Kier alpha value is -3.33. The quantitative estimate of drug-likeness (QED) is 0.519. The largest absolute Gasteiger partial charge is 0.356 e. The average Bonchev–Trinajstić information content (AvgIpc) is 3.08. The summed E-state index contributed by atoms with van der Waals surface area (Å²) in [4.78, 5) is 22.4. The van der Waals surface area contributed by atoms with Crippen LogP contribution in [0.15, 0.2) is 47.0 Å². The maximum absolute atomic E-state index is 13.8. The van der Waals surface area contributed by atoms with Gasteiger partial charge >= 0.3 is 0 Å². The van der Waals surface area contributed by atoms with Crippen LogP contribution in [0.3, 0.4) is 0 Å². The highest BCUT2D eigenvalue weighted by Crippen LogP contribution is 2.25. The van der Waals surface area contributed by atoms with Crippen molar-refractivity contribution in [2.45, 2.75) is 6.54 Å². The monoisotopic (exact) mass is 393 g/mol. The van der Waals surface area contributed by atoms with Crippen LogP contribution in [0, 0.1) is 21.7 Å². The number of hydrogen-bond donors (Lipinski definition) is 1. The summed E-state index contributed by atoms with van der Waals surface area (Å²) in [6.07, 6.45) is 0. The predicted octanol–water partition coefficient (Wildman–Crippen LogP) is 4.11. The first-order valence-corrected chi connectivity index (χ1v) is 7.86. The third kappa shape index (κ3) is 4.09. The molecule has 0 fully saturated rings. The van der Waals surface area contributed by atoms with E-state index in [1.807, 2.05) is 0 Å². The third-order valence-electron chi connectivity index (χ3n) is 3.59. The van der Waals surface area contributed by atoms with Gasteiger partial charge in [-0.2, -0.15) is 0 Å². The molecule has 27 heavy (non-hydrogen) atoms. The number of amides is 1. The molecule has 1 N–H and O–H groups in total. The molecule has 2 aromatic carbocycles. The molecule has 7 nitrogen and oxygen atoms in total. The van der Waals surface area contributed by atoms with E-state index in [9.17, 15) is 23.7 Å². The Morgan fingerprint density at radius 1 is 1.22 bits per heavy atom. The number of nitrogens with zero attached hydrogens (tertiary/aromatic N) is 2. The molecule has 0 unspecified atom stereocenters. The van der Waals surface area contributed by atoms with Gasteiger partial charge in [-0.05, 0) is 18.2 Å². The molecule has 10 heteroatoms. The number of benzene rings is 2. The molecular formula is C17H10ClF2N3O4. The maximum Gasteiger partial charge on any atom is 0.270 e. The highest BCUT2D eigenvalue weighted by atomic mass is 35.5. The number of carbonyl (C=O) groups excluding carboxylic acids is 1. The van der Waals surface area contributed by atoms with Crippen LogP contribution in [0.4, 0.5) is 14.5 Å².